The van der Waals surface area contributed by atoms with Gasteiger partial charge in [0.2, 0.25) is 0 Å². The molecule has 0 aliphatic rings. The zero-order valence-electron chi connectivity index (χ0n) is 9.57. The lowest BCUT2D eigenvalue weighted by atomic mass is 9.88. The quantitative estimate of drug-likeness (QED) is 0.551. The lowest BCUT2D eigenvalue weighted by Crippen LogP contribution is -2.15. The van der Waals surface area contributed by atoms with Crippen LogP contribution in [0.2, 0.25) is 0 Å². The van der Waals surface area contributed by atoms with E-state index in [4.69, 9.17) is 15.5 Å². The van der Waals surface area contributed by atoms with Gasteiger partial charge in [0.1, 0.15) is 11.6 Å². The fraction of sp³-hybridized carbons (Fsp3) is 0.364. The van der Waals surface area contributed by atoms with Crippen molar-refractivity contribution in [3.63, 3.8) is 0 Å². The molecule has 5 heteroatoms. The first-order valence-corrected chi connectivity index (χ1v) is 4.29. The third-order valence-electron chi connectivity index (χ3n) is 1.56. The minimum absolute atomic E-state index is 0.252. The second-order valence-electron chi connectivity index (χ2n) is 3.93. The minimum atomic E-state index is -1.26. The van der Waals surface area contributed by atoms with Gasteiger partial charge in [0.25, 0.3) is 0 Å². The van der Waals surface area contributed by atoms with Gasteiger partial charge in [-0.25, -0.2) is 9.59 Å². The Morgan fingerprint density at radius 2 is 1.50 bits per heavy atom. The molecule has 5 nitrogen and oxygen atoms in total. The second kappa shape index (κ2) is 6.40. The van der Waals surface area contributed by atoms with Crippen molar-refractivity contribution in [2.24, 2.45) is 5.41 Å². The van der Waals surface area contributed by atoms with Crippen molar-refractivity contribution >= 4 is 11.9 Å². The molecule has 0 saturated carbocycles. The van der Waals surface area contributed by atoms with Gasteiger partial charge in [-0.2, -0.15) is 5.26 Å². The first-order valence-electron chi connectivity index (χ1n) is 4.29. The van der Waals surface area contributed by atoms with Gasteiger partial charge in [0.15, 0.2) is 0 Å². The Balaban J connectivity index is 0. The second-order valence-corrected chi connectivity index (χ2v) is 3.93. The van der Waals surface area contributed by atoms with Crippen LogP contribution in [-0.4, -0.2) is 22.2 Å². The highest BCUT2D eigenvalue weighted by Crippen LogP contribution is 2.22. The van der Waals surface area contributed by atoms with Gasteiger partial charge in [-0.1, -0.05) is 33.9 Å². The van der Waals surface area contributed by atoms with Crippen molar-refractivity contribution < 1.29 is 19.8 Å². The molecule has 2 N–H and O–H groups in total. The number of rotatable bonds is 2. The molecule has 0 heterocycles. The number of carboxylic acid groups (broad SMARTS) is 2. The van der Waals surface area contributed by atoms with E-state index >= 15 is 0 Å². The van der Waals surface area contributed by atoms with E-state index in [2.05, 4.69) is 13.2 Å². The first-order chi connectivity index (χ1) is 7.03. The van der Waals surface area contributed by atoms with Crippen molar-refractivity contribution in [2.75, 3.05) is 0 Å². The van der Waals surface area contributed by atoms with Crippen LogP contribution < -0.4 is 0 Å². The standard InChI is InChI=1S/C7H12O2.C4H3NO2/c1-5(6(8)9)7(2,3)4;1-3(2-5)4(6)7/h1H2,2-4H3,(H,8,9);1H2,(H,6,7). The number of hydrogen-bond acceptors (Lipinski definition) is 3. The lowest BCUT2D eigenvalue weighted by molar-refractivity contribution is -0.134. The molecule has 0 bridgehead atoms. The number of aliphatic carboxylic acids is 2. The number of carboxylic acids is 2. The van der Waals surface area contributed by atoms with E-state index in [1.54, 1.807) is 0 Å². The normalized spacial score (nSPS) is 9.12. The highest BCUT2D eigenvalue weighted by Gasteiger charge is 2.20. The summed E-state index contributed by atoms with van der Waals surface area (Å²) >= 11 is 0. The van der Waals surface area contributed by atoms with Gasteiger partial charge in [-0.05, 0) is 5.41 Å². The molecule has 0 aromatic rings. The Labute approximate surface area is 94.3 Å². The zero-order valence-corrected chi connectivity index (χ0v) is 9.57. The fourth-order valence-corrected chi connectivity index (χ4v) is 0.369. The van der Waals surface area contributed by atoms with E-state index in [9.17, 15) is 9.59 Å². The van der Waals surface area contributed by atoms with Crippen LogP contribution in [0.1, 0.15) is 20.8 Å². The molecule has 0 unspecified atom stereocenters. The predicted molar refractivity (Wildman–Crippen MR) is 58.6 cm³/mol. The fourth-order valence-electron chi connectivity index (χ4n) is 0.369. The molecule has 0 saturated heterocycles. The maximum Gasteiger partial charge on any atom is 0.345 e. The van der Waals surface area contributed by atoms with Gasteiger partial charge in [-0.3, -0.25) is 0 Å². The van der Waals surface area contributed by atoms with Crippen molar-refractivity contribution in [3.05, 3.63) is 24.3 Å². The highest BCUT2D eigenvalue weighted by atomic mass is 16.4. The molecule has 0 radical (unpaired) electrons. The molecule has 16 heavy (non-hydrogen) atoms. The Bertz CT molecular complexity index is 355. The predicted octanol–water partition coefficient (Wildman–Crippen LogP) is 1.82. The van der Waals surface area contributed by atoms with Crippen LogP contribution in [0.25, 0.3) is 0 Å². The molecule has 0 aliphatic carbocycles. The summed E-state index contributed by atoms with van der Waals surface area (Å²) in [6.07, 6.45) is 0. The van der Waals surface area contributed by atoms with Crippen molar-refractivity contribution in [3.8, 4) is 6.07 Å². The van der Waals surface area contributed by atoms with Crippen LogP contribution in [0.3, 0.4) is 0 Å². The molecule has 88 valence electrons. The monoisotopic (exact) mass is 225 g/mol. The molecule has 0 aromatic heterocycles. The van der Waals surface area contributed by atoms with Crippen LogP contribution in [0.15, 0.2) is 24.3 Å². The van der Waals surface area contributed by atoms with Crippen molar-refractivity contribution in [1.82, 2.24) is 0 Å². The van der Waals surface area contributed by atoms with Crippen molar-refractivity contribution in [1.29, 1.82) is 5.26 Å². The van der Waals surface area contributed by atoms with Gasteiger partial charge in [0, 0.05) is 5.57 Å². The summed E-state index contributed by atoms with van der Waals surface area (Å²) in [6, 6.07) is 1.37. The summed E-state index contributed by atoms with van der Waals surface area (Å²) in [5.41, 5.74) is -0.492. The summed E-state index contributed by atoms with van der Waals surface area (Å²) in [7, 11) is 0. The molecule has 0 amide bonds. The van der Waals surface area contributed by atoms with Crippen molar-refractivity contribution in [2.45, 2.75) is 20.8 Å². The van der Waals surface area contributed by atoms with Crippen LogP contribution in [-0.2, 0) is 9.59 Å². The number of nitrogens with zero attached hydrogens (tertiary/aromatic N) is 1. The van der Waals surface area contributed by atoms with Crippen LogP contribution in [0.5, 0.6) is 0 Å². The number of carbonyl (C=O) groups is 2. The minimum Gasteiger partial charge on any atom is -0.478 e. The van der Waals surface area contributed by atoms with E-state index in [-0.39, 0.29) is 11.0 Å². The van der Waals surface area contributed by atoms with E-state index in [0.29, 0.717) is 0 Å². The molecule has 0 aliphatic heterocycles. The summed E-state index contributed by atoms with van der Waals surface area (Å²) in [6.45, 7) is 11.8. The smallest absolute Gasteiger partial charge is 0.345 e. The number of nitriles is 1. The molecule has 0 spiro atoms. The Kier molecular flexibility index (Phi) is 6.54. The Hall–Kier alpha value is -2.09. The average molecular weight is 225 g/mol. The van der Waals surface area contributed by atoms with Gasteiger partial charge >= 0.3 is 11.9 Å². The summed E-state index contributed by atoms with van der Waals surface area (Å²) in [4.78, 5) is 19.9. The Morgan fingerprint density at radius 1 is 1.12 bits per heavy atom. The summed E-state index contributed by atoms with van der Waals surface area (Å²) in [5.74, 6) is -2.18. The molecule has 0 atom stereocenters. The summed E-state index contributed by atoms with van der Waals surface area (Å²) in [5, 5.41) is 24.1. The van der Waals surface area contributed by atoms with Gasteiger partial charge < -0.3 is 10.2 Å². The lowest BCUT2D eigenvalue weighted by Gasteiger charge is -2.17. The van der Waals surface area contributed by atoms with Crippen LogP contribution in [0, 0.1) is 16.7 Å². The molecule has 0 aromatic carbocycles. The van der Waals surface area contributed by atoms with Gasteiger partial charge in [-0.15, -0.1) is 0 Å². The molecular weight excluding hydrogens is 210 g/mol. The number of hydrogen-bond donors (Lipinski definition) is 2. The van der Waals surface area contributed by atoms with Crippen LogP contribution in [0.4, 0.5) is 0 Å². The molecule has 0 rings (SSSR count). The zero-order chi connectivity index (χ0) is 13.5. The molecular formula is C11H15NO4. The molecule has 0 fully saturated rings. The maximum atomic E-state index is 10.2. The van der Waals surface area contributed by atoms with E-state index < -0.39 is 17.5 Å². The average Bonchev–Trinajstić information content (AvgIpc) is 2.14. The first kappa shape index (κ1) is 16.3. The largest absolute Gasteiger partial charge is 0.478 e. The van der Waals surface area contributed by atoms with E-state index in [1.165, 1.54) is 6.07 Å². The topological polar surface area (TPSA) is 98.4 Å². The van der Waals surface area contributed by atoms with E-state index in [0.717, 1.165) is 0 Å². The van der Waals surface area contributed by atoms with Crippen LogP contribution >= 0.6 is 0 Å². The van der Waals surface area contributed by atoms with Gasteiger partial charge in [0.05, 0.1) is 0 Å². The Morgan fingerprint density at radius 3 is 1.50 bits per heavy atom. The van der Waals surface area contributed by atoms with E-state index in [1.807, 2.05) is 20.8 Å². The summed E-state index contributed by atoms with van der Waals surface area (Å²) < 4.78 is 0. The SMILES string of the molecule is C=C(C#N)C(=O)O.C=C(C(=O)O)C(C)(C)C. The third-order valence-corrected chi connectivity index (χ3v) is 1.56. The highest BCUT2D eigenvalue weighted by molar-refractivity contribution is 5.90. The maximum absolute atomic E-state index is 10.2. The third kappa shape index (κ3) is 7.33.